The Balaban J connectivity index is 3.11. The van der Waals surface area contributed by atoms with Gasteiger partial charge in [0, 0.05) is 5.69 Å². The lowest BCUT2D eigenvalue weighted by Crippen LogP contribution is -2.60. The number of alkyl halides is 7. The van der Waals surface area contributed by atoms with Gasteiger partial charge >= 0.3 is 17.2 Å². The summed E-state index contributed by atoms with van der Waals surface area (Å²) in [5.74, 6) is -3.31. The predicted octanol–water partition coefficient (Wildman–Crippen LogP) is 3.87. The highest BCUT2D eigenvalue weighted by Crippen LogP contribution is 2.48. The Kier molecular flexibility index (Phi) is 4.23. The molecule has 0 saturated carbocycles. The van der Waals surface area contributed by atoms with E-state index in [0.717, 1.165) is 24.3 Å². The van der Waals surface area contributed by atoms with Gasteiger partial charge < -0.3 is 5.32 Å². The molecule has 1 amide bonds. The lowest BCUT2D eigenvalue weighted by molar-refractivity contribution is -0.258. The number of nitrogens with one attached hydrogen (secondary N) is 1. The average molecular weight is 324 g/mol. The minimum absolute atomic E-state index is 0.463. The molecule has 112 valence electrons. The molecule has 0 fully saturated rings. The number of amides is 1. The van der Waals surface area contributed by atoms with Gasteiger partial charge in [0.2, 0.25) is 0 Å². The van der Waals surface area contributed by atoms with Gasteiger partial charge in [0.15, 0.2) is 0 Å². The summed E-state index contributed by atoms with van der Waals surface area (Å²) in [6.45, 7) is 0. The third kappa shape index (κ3) is 2.97. The van der Waals surface area contributed by atoms with Gasteiger partial charge in [0.05, 0.1) is 0 Å². The Morgan fingerprint density at radius 3 is 1.70 bits per heavy atom. The molecule has 2 nitrogen and oxygen atoms in total. The number of halogens is 8. The van der Waals surface area contributed by atoms with Crippen LogP contribution in [0.15, 0.2) is 24.3 Å². The second-order valence-electron chi connectivity index (χ2n) is 3.62. The second kappa shape index (κ2) is 5.12. The van der Waals surface area contributed by atoms with Crippen molar-refractivity contribution >= 4 is 23.2 Å². The van der Waals surface area contributed by atoms with Gasteiger partial charge in [-0.25, -0.2) is 4.39 Å². The fourth-order valence-corrected chi connectivity index (χ4v) is 1.22. The summed E-state index contributed by atoms with van der Waals surface area (Å²) >= 11 is 4.49. The van der Waals surface area contributed by atoms with E-state index >= 15 is 0 Å². The molecule has 0 heterocycles. The first-order chi connectivity index (χ1) is 8.89. The number of anilines is 1. The van der Waals surface area contributed by atoms with Crippen LogP contribution in [0.5, 0.6) is 0 Å². The van der Waals surface area contributed by atoms with Crippen LogP contribution in [0.1, 0.15) is 0 Å². The monoisotopic (exact) mass is 323 g/mol. The van der Waals surface area contributed by atoms with E-state index < -0.39 is 34.6 Å². The molecule has 1 aromatic carbocycles. The molecule has 10 heteroatoms. The molecule has 20 heavy (non-hydrogen) atoms. The number of carbonyl (C=O) groups is 1. The second-order valence-corrected chi connectivity index (χ2v) is 4.18. The van der Waals surface area contributed by atoms with E-state index in [2.05, 4.69) is 11.6 Å². The van der Waals surface area contributed by atoms with Crippen molar-refractivity contribution in [2.45, 2.75) is 17.2 Å². The summed E-state index contributed by atoms with van der Waals surface area (Å²) in [5.41, 5.74) is -0.463. The summed E-state index contributed by atoms with van der Waals surface area (Å²) < 4.78 is 87.2. The zero-order chi connectivity index (χ0) is 15.8. The number of benzene rings is 1. The normalized spacial score (nSPS) is 13.2. The Bertz CT molecular complexity index is 480. The van der Waals surface area contributed by atoms with Gasteiger partial charge in [-0.05, 0) is 24.3 Å². The molecule has 1 aromatic rings. The zero-order valence-electron chi connectivity index (χ0n) is 9.24. The first-order valence-electron chi connectivity index (χ1n) is 4.79. The molecule has 0 aromatic heterocycles. The SMILES string of the molecule is O=C(Nc1ccc(F)cc1)C(Cl)(C(F)(F)F)C(F)(F)F. The molecule has 0 unspecified atom stereocenters. The lowest BCUT2D eigenvalue weighted by Gasteiger charge is -2.30. The van der Waals surface area contributed by atoms with E-state index in [1.165, 1.54) is 5.32 Å². The fourth-order valence-electron chi connectivity index (χ4n) is 1.17. The maximum Gasteiger partial charge on any atom is 0.425 e. The summed E-state index contributed by atoms with van der Waals surface area (Å²) in [6.07, 6.45) is -12.1. The van der Waals surface area contributed by atoms with E-state index in [1.807, 2.05) is 0 Å². The van der Waals surface area contributed by atoms with Gasteiger partial charge in [-0.15, -0.1) is 0 Å². The van der Waals surface area contributed by atoms with Gasteiger partial charge in [-0.3, -0.25) is 4.79 Å². The van der Waals surface area contributed by atoms with Gasteiger partial charge in [0.25, 0.3) is 5.91 Å². The molecule has 0 radical (unpaired) electrons. The number of rotatable bonds is 2. The summed E-state index contributed by atoms with van der Waals surface area (Å²) in [7, 11) is 0. The Hall–Kier alpha value is -1.51. The van der Waals surface area contributed by atoms with Crippen LogP contribution in [0.3, 0.4) is 0 Å². The van der Waals surface area contributed by atoms with E-state index in [1.54, 1.807) is 0 Å². The van der Waals surface area contributed by atoms with Crippen molar-refractivity contribution in [1.82, 2.24) is 0 Å². The first kappa shape index (κ1) is 16.5. The molecular formula is C10H5ClF7NO. The fraction of sp³-hybridized carbons (Fsp3) is 0.300. The van der Waals surface area contributed by atoms with Gasteiger partial charge in [0.1, 0.15) is 5.82 Å². The van der Waals surface area contributed by atoms with Crippen molar-refractivity contribution in [3.8, 4) is 0 Å². The summed E-state index contributed by atoms with van der Waals surface area (Å²) in [6, 6.07) is 3.06. The average Bonchev–Trinajstić information content (AvgIpc) is 2.28. The molecular weight excluding hydrogens is 319 g/mol. The van der Waals surface area contributed by atoms with Crippen LogP contribution in [0.25, 0.3) is 0 Å². The maximum atomic E-state index is 12.5. The van der Waals surface area contributed by atoms with Crippen molar-refractivity contribution < 1.29 is 35.5 Å². The topological polar surface area (TPSA) is 29.1 Å². The molecule has 0 bridgehead atoms. The van der Waals surface area contributed by atoms with Crippen LogP contribution in [-0.2, 0) is 4.79 Å². The highest BCUT2D eigenvalue weighted by atomic mass is 35.5. The van der Waals surface area contributed by atoms with Crippen molar-refractivity contribution in [3.63, 3.8) is 0 Å². The molecule has 1 N–H and O–H groups in total. The highest BCUT2D eigenvalue weighted by molar-refractivity contribution is 6.38. The van der Waals surface area contributed by atoms with Crippen molar-refractivity contribution in [2.75, 3.05) is 5.32 Å². The van der Waals surface area contributed by atoms with Crippen LogP contribution in [-0.4, -0.2) is 23.1 Å². The van der Waals surface area contributed by atoms with E-state index in [0.29, 0.717) is 0 Å². The molecule has 0 saturated heterocycles. The molecule has 0 aliphatic carbocycles. The van der Waals surface area contributed by atoms with Crippen LogP contribution in [0.4, 0.5) is 36.4 Å². The quantitative estimate of drug-likeness (QED) is 0.650. The first-order valence-corrected chi connectivity index (χ1v) is 5.17. The molecule has 0 aliphatic rings. The number of carbonyl (C=O) groups excluding carboxylic acids is 1. The minimum atomic E-state index is -6.06. The number of hydrogen-bond donors (Lipinski definition) is 1. The molecule has 0 atom stereocenters. The van der Waals surface area contributed by atoms with Crippen LogP contribution in [0.2, 0.25) is 0 Å². The molecule has 1 rings (SSSR count). The van der Waals surface area contributed by atoms with Gasteiger partial charge in [-0.2, -0.15) is 26.3 Å². The third-order valence-electron chi connectivity index (χ3n) is 2.20. The Labute approximate surface area is 112 Å². The van der Waals surface area contributed by atoms with Crippen LogP contribution < -0.4 is 5.32 Å². The summed E-state index contributed by atoms with van der Waals surface area (Å²) in [5, 5.41) is 1.35. The van der Waals surface area contributed by atoms with Crippen molar-refractivity contribution in [2.24, 2.45) is 0 Å². The van der Waals surface area contributed by atoms with E-state index in [-0.39, 0.29) is 0 Å². The van der Waals surface area contributed by atoms with E-state index in [4.69, 9.17) is 0 Å². The van der Waals surface area contributed by atoms with Crippen LogP contribution in [0, 0.1) is 5.82 Å². The highest BCUT2D eigenvalue weighted by Gasteiger charge is 2.75. The summed E-state index contributed by atoms with van der Waals surface area (Å²) in [4.78, 5) is 6.15. The zero-order valence-corrected chi connectivity index (χ0v) is 10.00. The van der Waals surface area contributed by atoms with Crippen LogP contribution >= 0.6 is 11.6 Å². The smallest absolute Gasteiger partial charge is 0.324 e. The third-order valence-corrected chi connectivity index (χ3v) is 2.80. The standard InChI is InChI=1S/C10H5ClF7NO/c11-8(9(13,14)15,10(16,17)18)7(20)19-6-3-1-5(12)2-4-6/h1-4H,(H,19,20). The molecule has 0 aliphatic heterocycles. The number of hydrogen-bond acceptors (Lipinski definition) is 1. The molecule has 0 spiro atoms. The Morgan fingerprint density at radius 2 is 1.35 bits per heavy atom. The van der Waals surface area contributed by atoms with E-state index in [9.17, 15) is 35.5 Å². The largest absolute Gasteiger partial charge is 0.425 e. The lowest BCUT2D eigenvalue weighted by atomic mass is 10.1. The predicted molar refractivity (Wildman–Crippen MR) is 55.7 cm³/mol. The van der Waals surface area contributed by atoms with Crippen molar-refractivity contribution in [1.29, 1.82) is 0 Å². The minimum Gasteiger partial charge on any atom is -0.324 e. The Morgan fingerprint density at radius 1 is 0.950 bits per heavy atom. The maximum absolute atomic E-state index is 12.5. The van der Waals surface area contributed by atoms with Crippen molar-refractivity contribution in [3.05, 3.63) is 30.1 Å². The van der Waals surface area contributed by atoms with Gasteiger partial charge in [-0.1, -0.05) is 11.6 Å².